The Hall–Kier alpha value is -0.780. The van der Waals surface area contributed by atoms with Crippen LogP contribution in [0.15, 0.2) is 30.3 Å². The van der Waals surface area contributed by atoms with Crippen molar-refractivity contribution in [1.29, 1.82) is 0 Å². The van der Waals surface area contributed by atoms with Gasteiger partial charge in [0.25, 0.3) is 10.1 Å². The number of hydrogen-bond donors (Lipinski definition) is 0. The lowest BCUT2D eigenvalue weighted by Gasteiger charge is -2.23. The van der Waals surface area contributed by atoms with E-state index in [-0.39, 0.29) is 6.61 Å². The molecule has 0 saturated carbocycles. The van der Waals surface area contributed by atoms with E-state index in [9.17, 15) is 8.42 Å². The quantitative estimate of drug-likeness (QED) is 0.562. The van der Waals surface area contributed by atoms with Crippen LogP contribution < -0.4 is 4.90 Å². The number of nitrogens with zero attached hydrogens (tertiary/aromatic N) is 1. The van der Waals surface area contributed by atoms with Crippen LogP contribution in [-0.2, 0) is 14.3 Å². The first-order valence-corrected chi connectivity index (χ1v) is 7.58. The Labute approximate surface area is 107 Å². The zero-order chi connectivity index (χ0) is 12.7. The van der Waals surface area contributed by atoms with Gasteiger partial charge in [0.15, 0.2) is 0 Å². The third kappa shape index (κ3) is 5.91. The molecular formula is C11H16ClNO3S. The summed E-state index contributed by atoms with van der Waals surface area (Å²) in [6.45, 7) is 1.27. The number of rotatable bonds is 7. The molecule has 1 rings (SSSR count). The topological polar surface area (TPSA) is 46.6 Å². The average molecular weight is 278 g/mol. The van der Waals surface area contributed by atoms with Gasteiger partial charge >= 0.3 is 0 Å². The smallest absolute Gasteiger partial charge is 0.264 e. The Balaban J connectivity index is 2.56. The van der Waals surface area contributed by atoms with Gasteiger partial charge in [-0.15, -0.1) is 11.6 Å². The number of halogens is 1. The average Bonchev–Trinajstić information content (AvgIpc) is 2.27. The molecule has 0 saturated heterocycles. The van der Waals surface area contributed by atoms with Gasteiger partial charge in [-0.1, -0.05) is 18.2 Å². The molecule has 0 aliphatic carbocycles. The maximum absolute atomic E-state index is 10.8. The standard InChI is InChI=1S/C11H16ClNO3S/c1-17(14,15)16-10-9-13(8-7-12)11-5-3-2-4-6-11/h2-6H,7-10H2,1H3. The van der Waals surface area contributed by atoms with Gasteiger partial charge in [-0.05, 0) is 12.1 Å². The van der Waals surface area contributed by atoms with Crippen LogP contribution in [0, 0.1) is 0 Å². The van der Waals surface area contributed by atoms with Gasteiger partial charge in [0.1, 0.15) is 0 Å². The van der Waals surface area contributed by atoms with E-state index >= 15 is 0 Å². The van der Waals surface area contributed by atoms with Gasteiger partial charge in [-0.3, -0.25) is 4.18 Å². The van der Waals surface area contributed by atoms with Crippen LogP contribution in [0.1, 0.15) is 0 Å². The fourth-order valence-electron chi connectivity index (χ4n) is 1.41. The molecule has 0 unspecified atom stereocenters. The van der Waals surface area contributed by atoms with E-state index in [1.807, 2.05) is 35.2 Å². The molecule has 0 radical (unpaired) electrons. The van der Waals surface area contributed by atoms with E-state index in [0.29, 0.717) is 19.0 Å². The highest BCUT2D eigenvalue weighted by Crippen LogP contribution is 2.12. The third-order valence-corrected chi connectivity index (χ3v) is 2.90. The highest BCUT2D eigenvalue weighted by molar-refractivity contribution is 7.85. The van der Waals surface area contributed by atoms with E-state index < -0.39 is 10.1 Å². The lowest BCUT2D eigenvalue weighted by molar-refractivity contribution is 0.328. The first-order chi connectivity index (χ1) is 8.03. The van der Waals surface area contributed by atoms with Gasteiger partial charge in [0, 0.05) is 24.7 Å². The summed E-state index contributed by atoms with van der Waals surface area (Å²) in [5.41, 5.74) is 1.00. The Morgan fingerprint density at radius 2 is 1.88 bits per heavy atom. The molecule has 1 aromatic carbocycles. The second-order valence-corrected chi connectivity index (χ2v) is 5.56. The van der Waals surface area contributed by atoms with Crippen molar-refractivity contribution in [2.24, 2.45) is 0 Å². The van der Waals surface area contributed by atoms with Gasteiger partial charge < -0.3 is 4.90 Å². The molecule has 96 valence electrons. The Morgan fingerprint density at radius 1 is 1.24 bits per heavy atom. The van der Waals surface area contributed by atoms with E-state index in [2.05, 4.69) is 0 Å². The molecule has 17 heavy (non-hydrogen) atoms. The van der Waals surface area contributed by atoms with Crippen molar-refractivity contribution < 1.29 is 12.6 Å². The molecule has 0 heterocycles. The van der Waals surface area contributed by atoms with Crippen molar-refractivity contribution in [2.45, 2.75) is 0 Å². The molecule has 4 nitrogen and oxygen atoms in total. The molecule has 0 atom stereocenters. The summed E-state index contributed by atoms with van der Waals surface area (Å²) in [6.07, 6.45) is 1.04. The summed E-state index contributed by atoms with van der Waals surface area (Å²) in [7, 11) is -3.38. The second kappa shape index (κ2) is 6.83. The number of benzene rings is 1. The summed E-state index contributed by atoms with van der Waals surface area (Å²) in [5, 5.41) is 0. The first kappa shape index (κ1) is 14.3. The fraction of sp³-hybridized carbons (Fsp3) is 0.455. The van der Waals surface area contributed by atoms with Crippen molar-refractivity contribution in [3.8, 4) is 0 Å². The van der Waals surface area contributed by atoms with Gasteiger partial charge in [0.2, 0.25) is 0 Å². The van der Waals surface area contributed by atoms with Crippen LogP contribution in [0.5, 0.6) is 0 Å². The molecular weight excluding hydrogens is 262 g/mol. The van der Waals surface area contributed by atoms with Crippen LogP contribution in [0.25, 0.3) is 0 Å². The lowest BCUT2D eigenvalue weighted by Crippen LogP contribution is -2.29. The highest BCUT2D eigenvalue weighted by Gasteiger charge is 2.07. The molecule has 0 aliphatic rings. The normalized spacial score (nSPS) is 11.4. The Morgan fingerprint density at radius 3 is 2.41 bits per heavy atom. The minimum atomic E-state index is -3.38. The Kier molecular flexibility index (Phi) is 5.74. The lowest BCUT2D eigenvalue weighted by atomic mass is 10.3. The molecule has 0 fully saturated rings. The monoisotopic (exact) mass is 277 g/mol. The summed E-state index contributed by atoms with van der Waals surface area (Å²) in [6, 6.07) is 9.68. The molecule has 1 aromatic rings. The van der Waals surface area contributed by atoms with Crippen molar-refractivity contribution in [3.63, 3.8) is 0 Å². The largest absolute Gasteiger partial charge is 0.368 e. The maximum Gasteiger partial charge on any atom is 0.264 e. The molecule has 0 amide bonds. The summed E-state index contributed by atoms with van der Waals surface area (Å²) in [5.74, 6) is 0.480. The number of anilines is 1. The van der Waals surface area contributed by atoms with E-state index in [1.165, 1.54) is 0 Å². The summed E-state index contributed by atoms with van der Waals surface area (Å²) < 4.78 is 26.4. The Bertz CT molecular complexity index is 422. The fourth-order valence-corrected chi connectivity index (χ4v) is 1.99. The third-order valence-electron chi connectivity index (χ3n) is 2.13. The molecule has 6 heteroatoms. The van der Waals surface area contributed by atoms with E-state index in [0.717, 1.165) is 11.9 Å². The van der Waals surface area contributed by atoms with Gasteiger partial charge in [-0.2, -0.15) is 8.42 Å². The van der Waals surface area contributed by atoms with Crippen molar-refractivity contribution in [1.82, 2.24) is 0 Å². The van der Waals surface area contributed by atoms with E-state index in [1.54, 1.807) is 0 Å². The van der Waals surface area contributed by atoms with Gasteiger partial charge in [0.05, 0.1) is 12.9 Å². The highest BCUT2D eigenvalue weighted by atomic mass is 35.5. The van der Waals surface area contributed by atoms with Crippen LogP contribution >= 0.6 is 11.6 Å². The summed E-state index contributed by atoms with van der Waals surface area (Å²) in [4.78, 5) is 1.98. The predicted octanol–water partition coefficient (Wildman–Crippen LogP) is 1.71. The molecule has 0 spiro atoms. The number of para-hydroxylation sites is 1. The van der Waals surface area contributed by atoms with Gasteiger partial charge in [-0.25, -0.2) is 0 Å². The molecule has 0 aliphatic heterocycles. The summed E-state index contributed by atoms with van der Waals surface area (Å²) >= 11 is 5.71. The minimum absolute atomic E-state index is 0.130. The predicted molar refractivity (Wildman–Crippen MR) is 70.2 cm³/mol. The number of alkyl halides is 1. The first-order valence-electron chi connectivity index (χ1n) is 5.23. The molecule has 0 N–H and O–H groups in total. The second-order valence-electron chi connectivity index (χ2n) is 3.54. The zero-order valence-corrected chi connectivity index (χ0v) is 11.2. The van der Waals surface area contributed by atoms with Crippen molar-refractivity contribution >= 4 is 27.4 Å². The van der Waals surface area contributed by atoms with Crippen molar-refractivity contribution in [3.05, 3.63) is 30.3 Å². The van der Waals surface area contributed by atoms with Crippen LogP contribution in [-0.4, -0.2) is 40.2 Å². The number of hydrogen-bond acceptors (Lipinski definition) is 4. The zero-order valence-electron chi connectivity index (χ0n) is 9.67. The maximum atomic E-state index is 10.8. The minimum Gasteiger partial charge on any atom is -0.368 e. The van der Waals surface area contributed by atoms with Crippen LogP contribution in [0.4, 0.5) is 5.69 Å². The van der Waals surface area contributed by atoms with Crippen LogP contribution in [0.2, 0.25) is 0 Å². The SMILES string of the molecule is CS(=O)(=O)OCCN(CCCl)c1ccccc1. The molecule has 0 aromatic heterocycles. The van der Waals surface area contributed by atoms with Crippen molar-refractivity contribution in [2.75, 3.05) is 36.7 Å². The van der Waals surface area contributed by atoms with Crippen LogP contribution in [0.3, 0.4) is 0 Å². The van der Waals surface area contributed by atoms with E-state index in [4.69, 9.17) is 15.8 Å². The molecule has 0 bridgehead atoms.